The van der Waals surface area contributed by atoms with E-state index in [0.29, 0.717) is 5.89 Å². The summed E-state index contributed by atoms with van der Waals surface area (Å²) in [6.45, 7) is 1.82. The number of carbonyl (C=O) groups is 1. The average Bonchev–Trinajstić information content (AvgIpc) is 2.92. The smallest absolute Gasteiger partial charge is 0.306 e. The van der Waals surface area contributed by atoms with E-state index in [9.17, 15) is 4.79 Å². The average molecular weight is 231 g/mol. The molecule has 0 saturated heterocycles. The molecule has 4 nitrogen and oxygen atoms in total. The number of nitrogens with zero attached hydrogens (tertiary/aromatic N) is 1. The van der Waals surface area contributed by atoms with E-state index in [4.69, 9.17) is 9.52 Å². The molecule has 3 rings (SSSR count). The largest absolute Gasteiger partial charge is 0.481 e. The van der Waals surface area contributed by atoms with E-state index in [1.54, 1.807) is 0 Å². The van der Waals surface area contributed by atoms with Crippen LogP contribution in [0.4, 0.5) is 0 Å². The van der Waals surface area contributed by atoms with Gasteiger partial charge in [0, 0.05) is 6.92 Å². The van der Waals surface area contributed by atoms with E-state index in [0.717, 1.165) is 29.5 Å². The van der Waals surface area contributed by atoms with Gasteiger partial charge in [0.05, 0.1) is 5.92 Å². The number of hydrogen-bond acceptors (Lipinski definition) is 3. The Balaban J connectivity index is 1.80. The van der Waals surface area contributed by atoms with Gasteiger partial charge in [-0.25, -0.2) is 4.98 Å². The molecule has 0 amide bonds. The number of carboxylic acid groups (broad SMARTS) is 1. The van der Waals surface area contributed by atoms with Crippen molar-refractivity contribution in [3.63, 3.8) is 0 Å². The van der Waals surface area contributed by atoms with Crippen molar-refractivity contribution >= 4 is 17.1 Å². The Morgan fingerprint density at radius 2 is 2.41 bits per heavy atom. The number of rotatable bonds is 3. The molecule has 1 N–H and O–H groups in total. The van der Waals surface area contributed by atoms with Gasteiger partial charge in [0.2, 0.25) is 0 Å². The Bertz CT molecular complexity index is 587. The van der Waals surface area contributed by atoms with Crippen molar-refractivity contribution in [2.75, 3.05) is 0 Å². The maximum Gasteiger partial charge on any atom is 0.306 e. The molecule has 1 saturated carbocycles. The van der Waals surface area contributed by atoms with E-state index >= 15 is 0 Å². The van der Waals surface area contributed by atoms with Crippen LogP contribution < -0.4 is 0 Å². The van der Waals surface area contributed by atoms with E-state index < -0.39 is 5.97 Å². The van der Waals surface area contributed by atoms with E-state index in [1.165, 1.54) is 0 Å². The van der Waals surface area contributed by atoms with Gasteiger partial charge in [-0.1, -0.05) is 6.07 Å². The van der Waals surface area contributed by atoms with Crippen molar-refractivity contribution in [3.8, 4) is 0 Å². The Morgan fingerprint density at radius 1 is 1.59 bits per heavy atom. The number of aromatic nitrogens is 1. The molecule has 1 aliphatic carbocycles. The standard InChI is InChI=1S/C13H13NO3/c1-7-14-11-3-2-8(5-12(11)17-7)4-9-6-10(9)13(15)16/h2-3,5,9-10H,4,6H2,1H3,(H,15,16). The summed E-state index contributed by atoms with van der Waals surface area (Å²) in [6.07, 6.45) is 1.61. The summed E-state index contributed by atoms with van der Waals surface area (Å²) in [5.41, 5.74) is 2.77. The molecule has 0 bridgehead atoms. The minimum atomic E-state index is -0.674. The molecule has 1 aromatic heterocycles. The van der Waals surface area contributed by atoms with Crippen molar-refractivity contribution in [1.29, 1.82) is 0 Å². The summed E-state index contributed by atoms with van der Waals surface area (Å²) < 4.78 is 5.46. The molecule has 1 aromatic carbocycles. The minimum Gasteiger partial charge on any atom is -0.481 e. The lowest BCUT2D eigenvalue weighted by Gasteiger charge is -1.98. The van der Waals surface area contributed by atoms with Gasteiger partial charge in [-0.3, -0.25) is 4.79 Å². The molecular formula is C13H13NO3. The third-order valence-electron chi connectivity index (χ3n) is 3.30. The number of hydrogen-bond donors (Lipinski definition) is 1. The second-order valence-corrected chi connectivity index (χ2v) is 4.68. The summed E-state index contributed by atoms with van der Waals surface area (Å²) >= 11 is 0. The number of oxazole rings is 1. The van der Waals surface area contributed by atoms with Crippen LogP contribution in [0.25, 0.3) is 11.1 Å². The van der Waals surface area contributed by atoms with Crippen LogP contribution in [0, 0.1) is 18.8 Å². The van der Waals surface area contributed by atoms with E-state index in [-0.39, 0.29) is 11.8 Å². The van der Waals surface area contributed by atoms with Gasteiger partial charge in [0.15, 0.2) is 11.5 Å². The fraction of sp³-hybridized carbons (Fsp3) is 0.385. The van der Waals surface area contributed by atoms with Crippen LogP contribution in [-0.4, -0.2) is 16.1 Å². The van der Waals surface area contributed by atoms with Crippen molar-refractivity contribution in [3.05, 3.63) is 29.7 Å². The van der Waals surface area contributed by atoms with Crippen LogP contribution >= 0.6 is 0 Å². The Labute approximate surface area is 98.3 Å². The molecule has 0 aliphatic heterocycles. The maximum atomic E-state index is 10.7. The Hall–Kier alpha value is -1.84. The van der Waals surface area contributed by atoms with Crippen molar-refractivity contribution < 1.29 is 14.3 Å². The summed E-state index contributed by atoms with van der Waals surface area (Å²) in [7, 11) is 0. The zero-order valence-electron chi connectivity index (χ0n) is 9.51. The number of benzene rings is 1. The summed E-state index contributed by atoms with van der Waals surface area (Å²) in [6, 6.07) is 5.90. The van der Waals surface area contributed by atoms with Crippen LogP contribution in [0.2, 0.25) is 0 Å². The highest BCUT2D eigenvalue weighted by Gasteiger charge is 2.42. The lowest BCUT2D eigenvalue weighted by Crippen LogP contribution is -2.01. The first-order valence-electron chi connectivity index (χ1n) is 5.72. The van der Waals surface area contributed by atoms with Crippen LogP contribution in [0.1, 0.15) is 17.9 Å². The molecule has 17 heavy (non-hydrogen) atoms. The Morgan fingerprint density at radius 3 is 3.12 bits per heavy atom. The van der Waals surface area contributed by atoms with Gasteiger partial charge in [-0.15, -0.1) is 0 Å². The summed E-state index contributed by atoms with van der Waals surface area (Å²) in [5, 5.41) is 8.85. The van der Waals surface area contributed by atoms with Crippen LogP contribution in [0.15, 0.2) is 22.6 Å². The first-order valence-corrected chi connectivity index (χ1v) is 5.72. The number of carboxylic acids is 1. The molecule has 88 valence electrons. The quantitative estimate of drug-likeness (QED) is 0.881. The van der Waals surface area contributed by atoms with Gasteiger partial charge < -0.3 is 9.52 Å². The van der Waals surface area contributed by atoms with Crippen LogP contribution in [-0.2, 0) is 11.2 Å². The highest BCUT2D eigenvalue weighted by atomic mass is 16.4. The summed E-state index contributed by atoms with van der Waals surface area (Å²) in [4.78, 5) is 15.0. The molecule has 4 heteroatoms. The molecule has 2 unspecified atom stereocenters. The Kier molecular flexibility index (Phi) is 2.18. The second-order valence-electron chi connectivity index (χ2n) is 4.68. The van der Waals surface area contributed by atoms with Gasteiger partial charge in [-0.2, -0.15) is 0 Å². The van der Waals surface area contributed by atoms with Crippen molar-refractivity contribution in [1.82, 2.24) is 4.98 Å². The zero-order valence-corrected chi connectivity index (χ0v) is 9.51. The molecule has 2 aromatic rings. The first-order chi connectivity index (χ1) is 8.13. The molecule has 2 atom stereocenters. The lowest BCUT2D eigenvalue weighted by atomic mass is 10.1. The van der Waals surface area contributed by atoms with Gasteiger partial charge in [0.1, 0.15) is 5.52 Å². The maximum absolute atomic E-state index is 10.7. The van der Waals surface area contributed by atoms with E-state index in [1.807, 2.05) is 25.1 Å². The molecule has 0 spiro atoms. The zero-order chi connectivity index (χ0) is 12.0. The predicted molar refractivity (Wildman–Crippen MR) is 61.7 cm³/mol. The SMILES string of the molecule is Cc1nc2ccc(CC3CC3C(=O)O)cc2o1. The minimum absolute atomic E-state index is 0.151. The van der Waals surface area contributed by atoms with Crippen molar-refractivity contribution in [2.45, 2.75) is 19.8 Å². The number of fused-ring (bicyclic) bond motifs is 1. The monoisotopic (exact) mass is 231 g/mol. The molecular weight excluding hydrogens is 218 g/mol. The van der Waals surface area contributed by atoms with Gasteiger partial charge in [-0.05, 0) is 36.5 Å². The number of aliphatic carboxylic acids is 1. The first kappa shape index (κ1) is 10.3. The topological polar surface area (TPSA) is 63.3 Å². The highest BCUT2D eigenvalue weighted by Crippen LogP contribution is 2.41. The molecule has 0 radical (unpaired) electrons. The fourth-order valence-corrected chi connectivity index (χ4v) is 2.29. The van der Waals surface area contributed by atoms with Crippen LogP contribution in [0.5, 0.6) is 0 Å². The molecule has 1 fully saturated rings. The fourth-order valence-electron chi connectivity index (χ4n) is 2.29. The predicted octanol–water partition coefficient (Wildman–Crippen LogP) is 2.40. The third kappa shape index (κ3) is 1.90. The van der Waals surface area contributed by atoms with Gasteiger partial charge >= 0.3 is 5.97 Å². The molecule has 1 heterocycles. The third-order valence-corrected chi connectivity index (χ3v) is 3.30. The van der Waals surface area contributed by atoms with E-state index in [2.05, 4.69) is 4.98 Å². The highest BCUT2D eigenvalue weighted by molar-refractivity contribution is 5.74. The summed E-state index contributed by atoms with van der Waals surface area (Å²) in [5.74, 6) is 0.120. The molecule has 1 aliphatic rings. The lowest BCUT2D eigenvalue weighted by molar-refractivity contribution is -0.138. The van der Waals surface area contributed by atoms with Crippen molar-refractivity contribution in [2.24, 2.45) is 11.8 Å². The van der Waals surface area contributed by atoms with Crippen LogP contribution in [0.3, 0.4) is 0 Å². The number of aryl methyl sites for hydroxylation is 1. The normalized spacial score (nSPS) is 22.9. The second kappa shape index (κ2) is 3.58. The van der Waals surface area contributed by atoms with Gasteiger partial charge in [0.25, 0.3) is 0 Å².